The van der Waals surface area contributed by atoms with Crippen molar-refractivity contribution in [3.63, 3.8) is 0 Å². The lowest BCUT2D eigenvalue weighted by molar-refractivity contribution is -0.384. The van der Waals surface area contributed by atoms with Crippen LogP contribution >= 0.6 is 15.9 Å². The second-order valence-corrected chi connectivity index (χ2v) is 6.70. The monoisotopic (exact) mass is 415 g/mol. The summed E-state index contributed by atoms with van der Waals surface area (Å²) in [5.74, 6) is -1.91. The summed E-state index contributed by atoms with van der Waals surface area (Å²) in [5.41, 5.74) is 0.888. The van der Waals surface area contributed by atoms with Gasteiger partial charge in [-0.1, -0.05) is 39.3 Å². The van der Waals surface area contributed by atoms with Gasteiger partial charge < -0.3 is 4.84 Å². The third-order valence-corrected chi connectivity index (χ3v) is 4.72. The first-order valence-electron chi connectivity index (χ1n) is 7.59. The first kappa shape index (κ1) is 16.4. The van der Waals surface area contributed by atoms with E-state index in [4.69, 9.17) is 4.84 Å². The molecule has 1 fully saturated rings. The van der Waals surface area contributed by atoms with Crippen molar-refractivity contribution in [2.45, 2.75) is 6.10 Å². The Hall–Kier alpha value is -3.07. The van der Waals surface area contributed by atoms with Gasteiger partial charge in [0.15, 0.2) is 0 Å². The van der Waals surface area contributed by atoms with Crippen LogP contribution in [-0.2, 0) is 14.4 Å². The third-order valence-electron chi connectivity index (χ3n) is 4.23. The number of imide groups is 1. The number of fused-ring (bicyclic) bond motifs is 1. The molecule has 130 valence electrons. The fourth-order valence-corrected chi connectivity index (χ4v) is 3.45. The number of anilines is 1. The number of benzene rings is 2. The van der Waals surface area contributed by atoms with E-state index in [2.05, 4.69) is 21.1 Å². The molecular weight excluding hydrogens is 406 g/mol. The highest BCUT2D eigenvalue weighted by molar-refractivity contribution is 9.10. The van der Waals surface area contributed by atoms with Gasteiger partial charge in [0.05, 0.1) is 10.6 Å². The van der Waals surface area contributed by atoms with Gasteiger partial charge in [-0.2, -0.15) is 0 Å². The van der Waals surface area contributed by atoms with Crippen molar-refractivity contribution in [2.75, 3.05) is 4.90 Å². The molecule has 26 heavy (non-hydrogen) atoms. The molecular formula is C17H10BrN3O5. The first-order valence-corrected chi connectivity index (χ1v) is 8.38. The number of non-ortho nitro benzene ring substituents is 1. The van der Waals surface area contributed by atoms with Crippen molar-refractivity contribution in [1.29, 1.82) is 0 Å². The lowest BCUT2D eigenvalue weighted by Gasteiger charge is -2.15. The quantitative estimate of drug-likeness (QED) is 0.435. The summed E-state index contributed by atoms with van der Waals surface area (Å²) in [4.78, 5) is 42.3. The van der Waals surface area contributed by atoms with Crippen LogP contribution in [0.4, 0.5) is 11.4 Å². The minimum Gasteiger partial charge on any atom is -0.381 e. The Balaban J connectivity index is 1.71. The van der Waals surface area contributed by atoms with Gasteiger partial charge in [-0.15, -0.1) is 0 Å². The summed E-state index contributed by atoms with van der Waals surface area (Å²) in [6.45, 7) is 0. The number of hydrogen-bond donors (Lipinski definition) is 0. The van der Waals surface area contributed by atoms with E-state index in [1.54, 1.807) is 30.3 Å². The average Bonchev–Trinajstić information content (AvgIpc) is 3.16. The topological polar surface area (TPSA) is 102 Å². The van der Waals surface area contributed by atoms with Gasteiger partial charge in [-0.25, -0.2) is 4.90 Å². The van der Waals surface area contributed by atoms with Crippen LogP contribution in [0.25, 0.3) is 0 Å². The van der Waals surface area contributed by atoms with Gasteiger partial charge >= 0.3 is 0 Å². The largest absolute Gasteiger partial charge is 0.381 e. The SMILES string of the molecule is O=C1[C@@H]2C(c3cccc([N+](=O)[O-])c3)=NO[C@@H]2C(=O)N1c1cccc(Br)c1. The lowest BCUT2D eigenvalue weighted by Crippen LogP contribution is -2.33. The predicted molar refractivity (Wildman–Crippen MR) is 94.6 cm³/mol. The number of nitrogens with zero attached hydrogens (tertiary/aromatic N) is 3. The van der Waals surface area contributed by atoms with Crippen molar-refractivity contribution >= 4 is 44.8 Å². The van der Waals surface area contributed by atoms with Gasteiger partial charge in [0, 0.05) is 22.2 Å². The van der Waals surface area contributed by atoms with Crippen molar-refractivity contribution in [1.82, 2.24) is 0 Å². The van der Waals surface area contributed by atoms with Crippen LogP contribution in [0.2, 0.25) is 0 Å². The van der Waals surface area contributed by atoms with E-state index in [0.29, 0.717) is 11.3 Å². The van der Waals surface area contributed by atoms with E-state index in [0.717, 1.165) is 9.37 Å². The molecule has 0 unspecified atom stereocenters. The summed E-state index contributed by atoms with van der Waals surface area (Å²) >= 11 is 3.31. The van der Waals surface area contributed by atoms with E-state index in [9.17, 15) is 19.7 Å². The third kappa shape index (κ3) is 2.48. The van der Waals surface area contributed by atoms with E-state index < -0.39 is 28.8 Å². The number of rotatable bonds is 3. The number of hydrogen-bond acceptors (Lipinski definition) is 6. The maximum absolute atomic E-state index is 12.9. The number of halogens is 1. The molecule has 2 heterocycles. The zero-order chi connectivity index (χ0) is 18.4. The molecule has 0 saturated carbocycles. The Labute approximate surface area is 155 Å². The van der Waals surface area contributed by atoms with E-state index in [1.807, 2.05) is 0 Å². The molecule has 0 radical (unpaired) electrons. The van der Waals surface area contributed by atoms with Gasteiger partial charge in [-0.05, 0) is 18.2 Å². The molecule has 8 nitrogen and oxygen atoms in total. The second-order valence-electron chi connectivity index (χ2n) is 5.78. The zero-order valence-electron chi connectivity index (χ0n) is 13.0. The van der Waals surface area contributed by atoms with Crippen LogP contribution in [0.3, 0.4) is 0 Å². The van der Waals surface area contributed by atoms with Crippen LogP contribution in [0.1, 0.15) is 5.56 Å². The molecule has 2 atom stereocenters. The lowest BCUT2D eigenvalue weighted by atomic mass is 9.94. The van der Waals surface area contributed by atoms with E-state index >= 15 is 0 Å². The van der Waals surface area contributed by atoms with Gasteiger partial charge in [0.25, 0.3) is 11.6 Å². The summed E-state index contributed by atoms with van der Waals surface area (Å²) in [6.07, 6.45) is -1.06. The second kappa shape index (κ2) is 6.03. The number of carbonyl (C=O) groups excluding carboxylic acids is 2. The van der Waals surface area contributed by atoms with Crippen molar-refractivity contribution < 1.29 is 19.3 Å². The van der Waals surface area contributed by atoms with E-state index in [1.165, 1.54) is 18.2 Å². The number of nitro benzene ring substituents is 1. The van der Waals surface area contributed by atoms with Crippen LogP contribution in [0.5, 0.6) is 0 Å². The van der Waals surface area contributed by atoms with Crippen molar-refractivity contribution in [2.24, 2.45) is 11.1 Å². The predicted octanol–water partition coefficient (Wildman–Crippen LogP) is 2.65. The Kier molecular flexibility index (Phi) is 3.80. The summed E-state index contributed by atoms with van der Waals surface area (Å²) < 4.78 is 0.723. The molecule has 2 aliphatic rings. The Morgan fingerprint density at radius 1 is 1.12 bits per heavy atom. The van der Waals surface area contributed by atoms with Crippen LogP contribution in [-0.4, -0.2) is 28.6 Å². The first-order chi connectivity index (χ1) is 12.5. The maximum Gasteiger partial charge on any atom is 0.278 e. The van der Waals surface area contributed by atoms with Gasteiger partial charge in [0.2, 0.25) is 12.0 Å². The maximum atomic E-state index is 12.9. The molecule has 9 heteroatoms. The van der Waals surface area contributed by atoms with Crippen LogP contribution < -0.4 is 4.90 Å². The number of nitro groups is 1. The summed E-state index contributed by atoms with van der Waals surface area (Å²) in [7, 11) is 0. The Morgan fingerprint density at radius 2 is 1.88 bits per heavy atom. The standard InChI is InChI=1S/C17H10BrN3O5/c18-10-4-2-5-11(8-10)20-16(22)13-14(19-26-15(13)17(20)23)9-3-1-6-12(7-9)21(24)25/h1-8,13,15H/t13-,15+/m1/s1. The Bertz CT molecular complexity index is 990. The number of carbonyl (C=O) groups is 2. The molecule has 0 spiro atoms. The highest BCUT2D eigenvalue weighted by Crippen LogP contribution is 2.36. The molecule has 2 amide bonds. The molecule has 0 aliphatic carbocycles. The molecule has 1 saturated heterocycles. The molecule has 0 N–H and O–H groups in total. The molecule has 2 aliphatic heterocycles. The number of amides is 2. The minimum atomic E-state index is -1.06. The molecule has 0 aromatic heterocycles. The van der Waals surface area contributed by atoms with Crippen LogP contribution in [0.15, 0.2) is 58.2 Å². The van der Waals surface area contributed by atoms with Crippen LogP contribution in [0, 0.1) is 16.0 Å². The minimum absolute atomic E-state index is 0.130. The molecule has 2 aromatic rings. The van der Waals surface area contributed by atoms with Crippen molar-refractivity contribution in [3.05, 3.63) is 68.7 Å². The average molecular weight is 416 g/mol. The van der Waals surface area contributed by atoms with Gasteiger partial charge in [0.1, 0.15) is 11.6 Å². The fraction of sp³-hybridized carbons (Fsp3) is 0.118. The smallest absolute Gasteiger partial charge is 0.278 e. The van der Waals surface area contributed by atoms with E-state index in [-0.39, 0.29) is 11.4 Å². The zero-order valence-corrected chi connectivity index (χ0v) is 14.6. The summed E-state index contributed by atoms with van der Waals surface area (Å²) in [6, 6.07) is 12.5. The Morgan fingerprint density at radius 3 is 2.62 bits per heavy atom. The molecule has 4 rings (SSSR count). The highest BCUT2D eigenvalue weighted by atomic mass is 79.9. The normalized spacial score (nSPS) is 21.4. The summed E-state index contributed by atoms with van der Waals surface area (Å²) in [5, 5.41) is 14.8. The van der Waals surface area contributed by atoms with Gasteiger partial charge in [-0.3, -0.25) is 19.7 Å². The molecule has 2 aromatic carbocycles. The highest BCUT2D eigenvalue weighted by Gasteiger charge is 2.56. The fourth-order valence-electron chi connectivity index (χ4n) is 3.06. The molecule has 0 bridgehead atoms. The number of oxime groups is 1. The van der Waals surface area contributed by atoms with Crippen molar-refractivity contribution in [3.8, 4) is 0 Å².